The Bertz CT molecular complexity index is 694. The molecule has 118 valence electrons. The van der Waals surface area contributed by atoms with Gasteiger partial charge < -0.3 is 9.47 Å². The average molecular weight is 310 g/mol. The molecule has 0 fully saturated rings. The van der Waals surface area contributed by atoms with Gasteiger partial charge in [0.15, 0.2) is 0 Å². The van der Waals surface area contributed by atoms with Crippen molar-refractivity contribution < 1.29 is 14.3 Å². The van der Waals surface area contributed by atoms with Gasteiger partial charge in [0, 0.05) is 11.1 Å². The third kappa shape index (κ3) is 4.71. The van der Waals surface area contributed by atoms with Crippen LogP contribution in [-0.4, -0.2) is 25.8 Å². The molecule has 0 aliphatic rings. The third-order valence-corrected chi connectivity index (χ3v) is 2.99. The van der Waals surface area contributed by atoms with E-state index in [1.54, 1.807) is 37.5 Å². The van der Waals surface area contributed by atoms with Gasteiger partial charge in [-0.15, -0.1) is 0 Å². The second kappa shape index (κ2) is 8.38. The van der Waals surface area contributed by atoms with E-state index in [0.717, 1.165) is 5.56 Å². The summed E-state index contributed by atoms with van der Waals surface area (Å²) in [5.41, 5.74) is 3.75. The van der Waals surface area contributed by atoms with E-state index in [-0.39, 0.29) is 5.91 Å². The van der Waals surface area contributed by atoms with Gasteiger partial charge in [-0.25, -0.2) is 5.43 Å². The molecular weight excluding hydrogens is 292 g/mol. The molecule has 0 heterocycles. The molecule has 1 N–H and O–H groups in total. The molecule has 2 aromatic carbocycles. The van der Waals surface area contributed by atoms with Gasteiger partial charge in [0.05, 0.1) is 13.3 Å². The van der Waals surface area contributed by atoms with Crippen LogP contribution in [0, 0.1) is 0 Å². The number of carbonyl (C=O) groups is 1. The summed E-state index contributed by atoms with van der Waals surface area (Å²) < 4.78 is 10.6. The molecule has 0 unspecified atom stereocenters. The van der Waals surface area contributed by atoms with Crippen molar-refractivity contribution in [2.24, 2.45) is 5.10 Å². The highest BCUT2D eigenvalue weighted by Gasteiger charge is 2.04. The first kappa shape index (κ1) is 16.3. The summed E-state index contributed by atoms with van der Waals surface area (Å²) in [4.78, 5) is 12.0. The lowest BCUT2D eigenvalue weighted by Gasteiger charge is -2.05. The van der Waals surface area contributed by atoms with Crippen molar-refractivity contribution >= 4 is 12.1 Å². The first-order valence-electron chi connectivity index (χ1n) is 7.04. The topological polar surface area (TPSA) is 59.9 Å². The second-order valence-electron chi connectivity index (χ2n) is 4.57. The highest BCUT2D eigenvalue weighted by Crippen LogP contribution is 2.15. The number of nitrogens with zero attached hydrogens (tertiary/aromatic N) is 1. The number of ether oxygens (including phenoxy) is 2. The molecule has 23 heavy (non-hydrogen) atoms. The Balaban J connectivity index is 1.96. The van der Waals surface area contributed by atoms with Gasteiger partial charge in [-0.3, -0.25) is 4.79 Å². The van der Waals surface area contributed by atoms with Gasteiger partial charge in [-0.1, -0.05) is 24.8 Å². The minimum Gasteiger partial charge on any atom is -0.496 e. The Morgan fingerprint density at radius 1 is 1.22 bits per heavy atom. The smallest absolute Gasteiger partial charge is 0.271 e. The predicted octanol–water partition coefficient (Wildman–Crippen LogP) is 3.02. The van der Waals surface area contributed by atoms with Gasteiger partial charge in [-0.2, -0.15) is 5.10 Å². The van der Waals surface area contributed by atoms with Crippen LogP contribution < -0.4 is 14.9 Å². The van der Waals surface area contributed by atoms with Crippen LogP contribution in [0.15, 0.2) is 66.3 Å². The number of amides is 1. The number of nitrogens with one attached hydrogen (secondary N) is 1. The molecule has 2 rings (SSSR count). The number of para-hydroxylation sites is 1. The van der Waals surface area contributed by atoms with Crippen LogP contribution in [0.25, 0.3) is 0 Å². The Morgan fingerprint density at radius 2 is 1.96 bits per heavy atom. The molecule has 0 saturated heterocycles. The predicted molar refractivity (Wildman–Crippen MR) is 90.2 cm³/mol. The number of rotatable bonds is 7. The minimum atomic E-state index is -0.300. The van der Waals surface area contributed by atoms with Crippen LogP contribution in [0.5, 0.6) is 11.5 Å². The fourth-order valence-electron chi connectivity index (χ4n) is 1.86. The van der Waals surface area contributed by atoms with Gasteiger partial charge in [0.25, 0.3) is 5.91 Å². The van der Waals surface area contributed by atoms with Crippen molar-refractivity contribution in [2.75, 3.05) is 13.7 Å². The SMILES string of the molecule is C=CCOc1ccc(C(=O)N/N=C/c2ccccc2OC)cc1. The van der Waals surface area contributed by atoms with Gasteiger partial charge in [-0.05, 0) is 36.4 Å². The largest absolute Gasteiger partial charge is 0.496 e. The van der Waals surface area contributed by atoms with Crippen LogP contribution >= 0.6 is 0 Å². The first-order valence-corrected chi connectivity index (χ1v) is 7.04. The van der Waals surface area contributed by atoms with Gasteiger partial charge in [0.2, 0.25) is 0 Å². The maximum absolute atomic E-state index is 12.0. The first-order chi connectivity index (χ1) is 11.2. The number of methoxy groups -OCH3 is 1. The van der Waals surface area contributed by atoms with E-state index in [1.807, 2.05) is 24.3 Å². The fourth-order valence-corrected chi connectivity index (χ4v) is 1.86. The zero-order chi connectivity index (χ0) is 16.5. The van der Waals surface area contributed by atoms with E-state index in [4.69, 9.17) is 9.47 Å². The van der Waals surface area contributed by atoms with Crippen molar-refractivity contribution in [2.45, 2.75) is 0 Å². The van der Waals surface area contributed by atoms with E-state index in [1.165, 1.54) is 6.21 Å². The molecule has 0 radical (unpaired) electrons. The molecule has 5 nitrogen and oxygen atoms in total. The lowest BCUT2D eigenvalue weighted by atomic mass is 10.2. The lowest BCUT2D eigenvalue weighted by molar-refractivity contribution is 0.0955. The number of hydrogen-bond acceptors (Lipinski definition) is 4. The maximum atomic E-state index is 12.0. The van der Waals surface area contributed by atoms with E-state index in [0.29, 0.717) is 23.7 Å². The van der Waals surface area contributed by atoms with Crippen LogP contribution in [0.3, 0.4) is 0 Å². The normalized spacial score (nSPS) is 10.3. The maximum Gasteiger partial charge on any atom is 0.271 e. The zero-order valence-electron chi connectivity index (χ0n) is 12.9. The van der Waals surface area contributed by atoms with Crippen LogP contribution in [0.2, 0.25) is 0 Å². The van der Waals surface area contributed by atoms with Crippen LogP contribution in [0.1, 0.15) is 15.9 Å². The Kier molecular flexibility index (Phi) is 5.94. The molecule has 0 spiro atoms. The molecule has 0 saturated carbocycles. The highest BCUT2D eigenvalue weighted by atomic mass is 16.5. The van der Waals surface area contributed by atoms with Gasteiger partial charge >= 0.3 is 0 Å². The average Bonchev–Trinajstić information content (AvgIpc) is 2.60. The third-order valence-electron chi connectivity index (χ3n) is 2.99. The molecule has 2 aromatic rings. The van der Waals surface area contributed by atoms with E-state index < -0.39 is 0 Å². The zero-order valence-corrected chi connectivity index (χ0v) is 12.9. The Labute approximate surface area is 135 Å². The number of hydrogen-bond donors (Lipinski definition) is 1. The Morgan fingerprint density at radius 3 is 2.65 bits per heavy atom. The molecule has 0 atom stereocenters. The summed E-state index contributed by atoms with van der Waals surface area (Å²) in [6, 6.07) is 14.2. The fraction of sp³-hybridized carbons (Fsp3) is 0.111. The van der Waals surface area contributed by atoms with Gasteiger partial charge in [0.1, 0.15) is 18.1 Å². The van der Waals surface area contributed by atoms with Crippen molar-refractivity contribution in [1.29, 1.82) is 0 Å². The molecule has 5 heteroatoms. The van der Waals surface area contributed by atoms with Crippen LogP contribution in [-0.2, 0) is 0 Å². The molecule has 0 aromatic heterocycles. The minimum absolute atomic E-state index is 0.300. The van der Waals surface area contributed by atoms with E-state index in [9.17, 15) is 4.79 Å². The monoisotopic (exact) mass is 310 g/mol. The molecule has 1 amide bonds. The standard InChI is InChI=1S/C18H18N2O3/c1-3-12-23-16-10-8-14(9-11-16)18(21)20-19-13-15-6-4-5-7-17(15)22-2/h3-11,13H,1,12H2,2H3,(H,20,21)/b19-13+. The van der Waals surface area contributed by atoms with Crippen molar-refractivity contribution in [1.82, 2.24) is 5.43 Å². The summed E-state index contributed by atoms with van der Waals surface area (Å²) >= 11 is 0. The Hall–Kier alpha value is -3.08. The quantitative estimate of drug-likeness (QED) is 0.486. The summed E-state index contributed by atoms with van der Waals surface area (Å²) in [6.45, 7) is 4.00. The van der Waals surface area contributed by atoms with E-state index >= 15 is 0 Å². The molecule has 0 bridgehead atoms. The molecule has 0 aliphatic heterocycles. The lowest BCUT2D eigenvalue weighted by Crippen LogP contribution is -2.17. The summed E-state index contributed by atoms with van der Waals surface area (Å²) in [6.07, 6.45) is 3.20. The summed E-state index contributed by atoms with van der Waals surface area (Å²) in [7, 11) is 1.58. The van der Waals surface area contributed by atoms with Crippen LogP contribution in [0.4, 0.5) is 0 Å². The highest BCUT2D eigenvalue weighted by molar-refractivity contribution is 5.95. The number of benzene rings is 2. The molecular formula is C18H18N2O3. The summed E-state index contributed by atoms with van der Waals surface area (Å²) in [5, 5.41) is 3.95. The number of hydrazone groups is 1. The van der Waals surface area contributed by atoms with Crippen molar-refractivity contribution in [3.8, 4) is 11.5 Å². The van der Waals surface area contributed by atoms with E-state index in [2.05, 4.69) is 17.1 Å². The van der Waals surface area contributed by atoms with Crippen molar-refractivity contribution in [3.05, 3.63) is 72.3 Å². The molecule has 0 aliphatic carbocycles. The summed E-state index contributed by atoms with van der Waals surface area (Å²) in [5.74, 6) is 1.07. The second-order valence-corrected chi connectivity index (χ2v) is 4.57. The van der Waals surface area contributed by atoms with Crippen molar-refractivity contribution in [3.63, 3.8) is 0 Å². The number of carbonyl (C=O) groups excluding carboxylic acids is 1.